The van der Waals surface area contributed by atoms with Gasteiger partial charge in [-0.3, -0.25) is 4.99 Å². The Balaban J connectivity index is 0.00000191. The molecule has 1 aromatic carbocycles. The van der Waals surface area contributed by atoms with Gasteiger partial charge in [0.05, 0.1) is 5.70 Å². The topological polar surface area (TPSA) is 12.4 Å². The lowest BCUT2D eigenvalue weighted by atomic mass is 10.0. The van der Waals surface area contributed by atoms with Crippen LogP contribution in [0.4, 0.5) is 4.39 Å². The molecule has 0 N–H and O–H groups in total. The zero-order valence-electron chi connectivity index (χ0n) is 13.2. The van der Waals surface area contributed by atoms with Crippen molar-refractivity contribution in [1.82, 2.24) is 0 Å². The lowest BCUT2D eigenvalue weighted by Gasteiger charge is -2.08. The van der Waals surface area contributed by atoms with Crippen LogP contribution in [-0.2, 0) is 6.42 Å². The summed E-state index contributed by atoms with van der Waals surface area (Å²) in [6.45, 7) is 19.1. The van der Waals surface area contributed by atoms with Gasteiger partial charge in [-0.05, 0) is 55.8 Å². The molecule has 1 nitrogen and oxygen atoms in total. The van der Waals surface area contributed by atoms with Crippen molar-refractivity contribution in [3.8, 4) is 0 Å². The number of allylic oxidation sites excluding steroid dienone is 4. The van der Waals surface area contributed by atoms with E-state index in [4.69, 9.17) is 0 Å². The number of hydrogen-bond donors (Lipinski definition) is 0. The highest BCUT2D eigenvalue weighted by atomic mass is 19.1. The SMILES string of the molecule is C=C.C=N/C(=C/C(=C\C)c1ccc(CC)cc1F)C(=C)C. The second-order valence-corrected chi connectivity index (χ2v) is 4.38. The molecule has 0 saturated heterocycles. The molecule has 0 amide bonds. The molecule has 21 heavy (non-hydrogen) atoms. The molecule has 0 fully saturated rings. The van der Waals surface area contributed by atoms with Crippen LogP contribution in [-0.4, -0.2) is 6.72 Å². The van der Waals surface area contributed by atoms with Crippen molar-refractivity contribution < 1.29 is 4.39 Å². The van der Waals surface area contributed by atoms with E-state index in [2.05, 4.69) is 31.4 Å². The van der Waals surface area contributed by atoms with E-state index in [1.165, 1.54) is 0 Å². The van der Waals surface area contributed by atoms with E-state index in [0.29, 0.717) is 11.3 Å². The predicted molar refractivity (Wildman–Crippen MR) is 93.1 cm³/mol. The average Bonchev–Trinajstić information content (AvgIpc) is 2.50. The Labute approximate surface area is 127 Å². The number of aliphatic imine (C=N–C) groups is 1. The molecule has 1 rings (SSSR count). The van der Waals surface area contributed by atoms with E-state index in [9.17, 15) is 4.39 Å². The normalized spacial score (nSPS) is 11.4. The first kappa shape index (κ1) is 18.8. The molecule has 0 unspecified atom stereocenters. The Morgan fingerprint density at radius 1 is 1.33 bits per heavy atom. The van der Waals surface area contributed by atoms with Gasteiger partial charge in [0, 0.05) is 5.56 Å². The molecule has 0 spiro atoms. The third-order valence-corrected chi connectivity index (χ3v) is 2.96. The molecule has 2 heteroatoms. The van der Waals surface area contributed by atoms with Gasteiger partial charge < -0.3 is 0 Å². The van der Waals surface area contributed by atoms with Crippen LogP contribution >= 0.6 is 0 Å². The summed E-state index contributed by atoms with van der Waals surface area (Å²) in [4.78, 5) is 3.91. The smallest absolute Gasteiger partial charge is 0.131 e. The van der Waals surface area contributed by atoms with E-state index in [-0.39, 0.29) is 5.82 Å². The molecule has 0 aliphatic carbocycles. The number of halogens is 1. The molecule has 0 aliphatic rings. The molecular formula is C19H24FN. The summed E-state index contributed by atoms with van der Waals surface area (Å²) in [5.41, 5.74) is 3.82. The third-order valence-electron chi connectivity index (χ3n) is 2.96. The summed E-state index contributed by atoms with van der Waals surface area (Å²) in [6, 6.07) is 5.32. The number of rotatable bonds is 5. The minimum Gasteiger partial charge on any atom is -0.264 e. The predicted octanol–water partition coefficient (Wildman–Crippen LogP) is 5.75. The van der Waals surface area contributed by atoms with Crippen molar-refractivity contribution in [3.05, 3.63) is 78.3 Å². The van der Waals surface area contributed by atoms with Gasteiger partial charge in [-0.25, -0.2) is 4.39 Å². The van der Waals surface area contributed by atoms with E-state index in [1.807, 2.05) is 32.9 Å². The number of aryl methyl sites for hydroxylation is 1. The van der Waals surface area contributed by atoms with Gasteiger partial charge in [0.1, 0.15) is 5.82 Å². The van der Waals surface area contributed by atoms with Crippen LogP contribution in [0.5, 0.6) is 0 Å². The lowest BCUT2D eigenvalue weighted by molar-refractivity contribution is 0.622. The Morgan fingerprint density at radius 3 is 2.33 bits per heavy atom. The average molecular weight is 285 g/mol. The summed E-state index contributed by atoms with van der Waals surface area (Å²) in [5, 5.41) is 0. The second kappa shape index (κ2) is 9.65. The van der Waals surface area contributed by atoms with Crippen molar-refractivity contribution >= 4 is 12.3 Å². The summed E-state index contributed by atoms with van der Waals surface area (Å²) >= 11 is 0. The Morgan fingerprint density at radius 2 is 1.95 bits per heavy atom. The maximum Gasteiger partial charge on any atom is 0.131 e. The first-order valence-electron chi connectivity index (χ1n) is 6.82. The lowest BCUT2D eigenvalue weighted by Crippen LogP contribution is -1.92. The van der Waals surface area contributed by atoms with Gasteiger partial charge in [0.2, 0.25) is 0 Å². The van der Waals surface area contributed by atoms with Crippen molar-refractivity contribution in [1.29, 1.82) is 0 Å². The minimum atomic E-state index is -0.214. The first-order chi connectivity index (χ1) is 10.0. The Hall–Kier alpha value is -2.22. The fourth-order valence-corrected chi connectivity index (χ4v) is 1.78. The fourth-order valence-electron chi connectivity index (χ4n) is 1.78. The molecule has 0 aromatic heterocycles. The number of nitrogens with zero attached hydrogens (tertiary/aromatic N) is 1. The van der Waals surface area contributed by atoms with Gasteiger partial charge in [-0.1, -0.05) is 31.7 Å². The van der Waals surface area contributed by atoms with Gasteiger partial charge >= 0.3 is 0 Å². The van der Waals surface area contributed by atoms with Crippen LogP contribution in [0, 0.1) is 5.82 Å². The summed E-state index contributed by atoms with van der Waals surface area (Å²) in [6.07, 6.45) is 4.49. The van der Waals surface area contributed by atoms with E-state index < -0.39 is 0 Å². The Kier molecular flexibility index (Phi) is 8.63. The highest BCUT2D eigenvalue weighted by molar-refractivity contribution is 5.76. The minimum absolute atomic E-state index is 0.214. The van der Waals surface area contributed by atoms with E-state index >= 15 is 0 Å². The number of hydrogen-bond acceptors (Lipinski definition) is 1. The quantitative estimate of drug-likeness (QED) is 0.371. The highest BCUT2D eigenvalue weighted by Crippen LogP contribution is 2.24. The zero-order valence-corrected chi connectivity index (χ0v) is 13.2. The summed E-state index contributed by atoms with van der Waals surface area (Å²) in [7, 11) is 0. The van der Waals surface area contributed by atoms with Crippen molar-refractivity contribution in [2.45, 2.75) is 27.2 Å². The van der Waals surface area contributed by atoms with E-state index in [1.54, 1.807) is 18.2 Å². The van der Waals surface area contributed by atoms with Crippen molar-refractivity contribution in [2.75, 3.05) is 0 Å². The van der Waals surface area contributed by atoms with Crippen LogP contribution < -0.4 is 0 Å². The molecule has 0 bridgehead atoms. The maximum atomic E-state index is 14.1. The van der Waals surface area contributed by atoms with Gasteiger partial charge in [-0.2, -0.15) is 0 Å². The van der Waals surface area contributed by atoms with Crippen LogP contribution in [0.25, 0.3) is 5.57 Å². The second-order valence-electron chi connectivity index (χ2n) is 4.38. The third kappa shape index (κ3) is 5.35. The molecule has 0 saturated carbocycles. The highest BCUT2D eigenvalue weighted by Gasteiger charge is 2.07. The standard InChI is InChI=1S/C17H20FN.C2H4/c1-6-13-8-9-15(16(18)10-13)14(7-2)11-17(19-5)12(3)4;1-2/h7-11H,3,5-6H2,1-2,4H3;1-2H2/b14-7+,17-11+;. The molecular weight excluding hydrogens is 261 g/mol. The largest absolute Gasteiger partial charge is 0.264 e. The van der Waals surface area contributed by atoms with Crippen LogP contribution in [0.1, 0.15) is 31.9 Å². The van der Waals surface area contributed by atoms with Crippen LogP contribution in [0.3, 0.4) is 0 Å². The van der Waals surface area contributed by atoms with Crippen LogP contribution in [0.15, 0.2) is 66.4 Å². The fraction of sp³-hybridized carbons (Fsp3) is 0.211. The van der Waals surface area contributed by atoms with E-state index in [0.717, 1.165) is 23.1 Å². The molecule has 0 atom stereocenters. The molecule has 0 radical (unpaired) electrons. The maximum absolute atomic E-state index is 14.1. The summed E-state index contributed by atoms with van der Waals surface area (Å²) < 4.78 is 14.1. The molecule has 1 aromatic rings. The van der Waals surface area contributed by atoms with Crippen molar-refractivity contribution in [2.24, 2.45) is 4.99 Å². The van der Waals surface area contributed by atoms with Gasteiger partial charge in [-0.15, -0.1) is 13.2 Å². The van der Waals surface area contributed by atoms with Gasteiger partial charge in [0.15, 0.2) is 0 Å². The first-order valence-corrected chi connectivity index (χ1v) is 6.82. The number of benzene rings is 1. The van der Waals surface area contributed by atoms with Gasteiger partial charge in [0.25, 0.3) is 0 Å². The molecule has 0 heterocycles. The van der Waals surface area contributed by atoms with Crippen molar-refractivity contribution in [3.63, 3.8) is 0 Å². The Bertz CT molecular complexity index is 565. The molecule has 112 valence electrons. The monoisotopic (exact) mass is 285 g/mol. The molecule has 0 aliphatic heterocycles. The summed E-state index contributed by atoms with van der Waals surface area (Å²) in [5.74, 6) is -0.214. The zero-order chi connectivity index (χ0) is 16.4. The van der Waals surface area contributed by atoms with Crippen LogP contribution in [0.2, 0.25) is 0 Å².